The van der Waals surface area contributed by atoms with Crippen LogP contribution in [0.25, 0.3) is 0 Å². The minimum absolute atomic E-state index is 0.263. The van der Waals surface area contributed by atoms with Gasteiger partial charge < -0.3 is 11.1 Å². The van der Waals surface area contributed by atoms with E-state index in [0.717, 1.165) is 5.56 Å². The summed E-state index contributed by atoms with van der Waals surface area (Å²) in [7, 11) is 0. The molecular weight excluding hydrogens is 311 g/mol. The SMILES string of the molecule is NC(=O)c1cccc(CNC(=O)c2ccc(Cl)cc2Cl)c1. The van der Waals surface area contributed by atoms with Gasteiger partial charge in [-0.05, 0) is 35.9 Å². The minimum atomic E-state index is -0.510. The normalized spacial score (nSPS) is 10.2. The second-order valence-electron chi connectivity index (χ2n) is 4.37. The maximum atomic E-state index is 12.0. The molecule has 0 aliphatic rings. The maximum Gasteiger partial charge on any atom is 0.253 e. The molecular formula is C15H12Cl2N2O2. The van der Waals surface area contributed by atoms with Crippen molar-refractivity contribution in [2.75, 3.05) is 0 Å². The molecule has 108 valence electrons. The summed E-state index contributed by atoms with van der Waals surface area (Å²) in [6.07, 6.45) is 0. The van der Waals surface area contributed by atoms with Crippen molar-refractivity contribution >= 4 is 35.0 Å². The molecule has 6 heteroatoms. The summed E-state index contributed by atoms with van der Waals surface area (Å²) in [5.41, 5.74) is 6.71. The zero-order valence-corrected chi connectivity index (χ0v) is 12.4. The quantitative estimate of drug-likeness (QED) is 0.908. The summed E-state index contributed by atoms with van der Waals surface area (Å²) < 4.78 is 0. The molecule has 2 aromatic rings. The molecule has 0 bridgehead atoms. The van der Waals surface area contributed by atoms with Gasteiger partial charge in [-0.1, -0.05) is 35.3 Å². The largest absolute Gasteiger partial charge is 0.366 e. The number of carbonyl (C=O) groups is 2. The van der Waals surface area contributed by atoms with Crippen LogP contribution < -0.4 is 11.1 Å². The zero-order valence-electron chi connectivity index (χ0n) is 10.9. The van der Waals surface area contributed by atoms with Crippen LogP contribution in [0.1, 0.15) is 26.3 Å². The third kappa shape index (κ3) is 3.97. The van der Waals surface area contributed by atoms with Gasteiger partial charge in [-0.3, -0.25) is 9.59 Å². The number of halogens is 2. The maximum absolute atomic E-state index is 12.0. The Bertz CT molecular complexity index is 702. The summed E-state index contributed by atoms with van der Waals surface area (Å²) in [4.78, 5) is 23.1. The number of nitrogens with two attached hydrogens (primary N) is 1. The fourth-order valence-corrected chi connectivity index (χ4v) is 2.28. The first kappa shape index (κ1) is 15.4. The van der Waals surface area contributed by atoms with Crippen molar-refractivity contribution in [3.63, 3.8) is 0 Å². The first-order valence-electron chi connectivity index (χ1n) is 6.09. The van der Waals surface area contributed by atoms with Crippen LogP contribution in [-0.2, 0) is 6.54 Å². The Morgan fingerprint density at radius 2 is 1.86 bits per heavy atom. The standard InChI is InChI=1S/C15H12Cl2N2O2/c16-11-4-5-12(13(17)7-11)15(21)19-8-9-2-1-3-10(6-9)14(18)20/h1-7H,8H2,(H2,18,20)(H,19,21). The third-order valence-electron chi connectivity index (χ3n) is 2.84. The lowest BCUT2D eigenvalue weighted by Gasteiger charge is -2.08. The molecule has 0 aliphatic carbocycles. The Kier molecular flexibility index (Phi) is 4.83. The molecule has 0 spiro atoms. The molecule has 0 atom stereocenters. The van der Waals surface area contributed by atoms with Crippen LogP contribution >= 0.6 is 23.2 Å². The van der Waals surface area contributed by atoms with E-state index in [4.69, 9.17) is 28.9 Å². The first-order chi connectivity index (χ1) is 9.97. The molecule has 3 N–H and O–H groups in total. The van der Waals surface area contributed by atoms with Crippen LogP contribution in [-0.4, -0.2) is 11.8 Å². The van der Waals surface area contributed by atoms with Crippen molar-refractivity contribution in [2.45, 2.75) is 6.54 Å². The molecule has 21 heavy (non-hydrogen) atoms. The number of primary amides is 1. The summed E-state index contributed by atoms with van der Waals surface area (Å²) in [6.45, 7) is 0.263. The second-order valence-corrected chi connectivity index (χ2v) is 5.22. The number of benzene rings is 2. The predicted octanol–water partition coefficient (Wildman–Crippen LogP) is 3.02. The van der Waals surface area contributed by atoms with Crippen LogP contribution in [0.2, 0.25) is 10.0 Å². The highest BCUT2D eigenvalue weighted by molar-refractivity contribution is 6.36. The lowest BCUT2D eigenvalue weighted by atomic mass is 10.1. The van der Waals surface area contributed by atoms with Crippen LogP contribution in [0, 0.1) is 0 Å². The third-order valence-corrected chi connectivity index (χ3v) is 3.39. The first-order valence-corrected chi connectivity index (χ1v) is 6.85. The van der Waals surface area contributed by atoms with E-state index >= 15 is 0 Å². The van der Waals surface area contributed by atoms with Gasteiger partial charge in [-0.2, -0.15) is 0 Å². The van der Waals surface area contributed by atoms with Crippen molar-refractivity contribution in [1.29, 1.82) is 0 Å². The Morgan fingerprint density at radius 3 is 2.52 bits per heavy atom. The predicted molar refractivity (Wildman–Crippen MR) is 82.6 cm³/mol. The van der Waals surface area contributed by atoms with E-state index < -0.39 is 5.91 Å². The topological polar surface area (TPSA) is 72.2 Å². The fourth-order valence-electron chi connectivity index (χ4n) is 1.79. The second kappa shape index (κ2) is 6.61. The van der Waals surface area contributed by atoms with Gasteiger partial charge in [0.15, 0.2) is 0 Å². The monoisotopic (exact) mass is 322 g/mol. The lowest BCUT2D eigenvalue weighted by molar-refractivity contribution is 0.0950. The molecule has 2 aromatic carbocycles. The summed E-state index contributed by atoms with van der Waals surface area (Å²) in [6, 6.07) is 11.4. The van der Waals surface area contributed by atoms with Crippen LogP contribution in [0.3, 0.4) is 0 Å². The zero-order chi connectivity index (χ0) is 15.4. The molecule has 0 saturated heterocycles. The van der Waals surface area contributed by atoms with Crippen molar-refractivity contribution in [3.8, 4) is 0 Å². The average molecular weight is 323 g/mol. The molecule has 0 radical (unpaired) electrons. The molecule has 0 saturated carbocycles. The average Bonchev–Trinajstić information content (AvgIpc) is 2.45. The van der Waals surface area contributed by atoms with E-state index in [0.29, 0.717) is 16.1 Å². The van der Waals surface area contributed by atoms with E-state index in [2.05, 4.69) is 5.32 Å². The molecule has 2 rings (SSSR count). The molecule has 0 aliphatic heterocycles. The van der Waals surface area contributed by atoms with Gasteiger partial charge in [-0.15, -0.1) is 0 Å². The molecule has 4 nitrogen and oxygen atoms in total. The molecule has 0 aromatic heterocycles. The van der Waals surface area contributed by atoms with E-state index in [1.807, 2.05) is 0 Å². The lowest BCUT2D eigenvalue weighted by Crippen LogP contribution is -2.23. The van der Waals surface area contributed by atoms with Gasteiger partial charge in [0.05, 0.1) is 10.6 Å². The van der Waals surface area contributed by atoms with Crippen LogP contribution in [0.5, 0.6) is 0 Å². The fraction of sp³-hybridized carbons (Fsp3) is 0.0667. The number of hydrogen-bond donors (Lipinski definition) is 2. The highest BCUT2D eigenvalue weighted by atomic mass is 35.5. The molecule has 2 amide bonds. The Hall–Kier alpha value is -2.04. The van der Waals surface area contributed by atoms with Crippen molar-refractivity contribution in [1.82, 2.24) is 5.32 Å². The van der Waals surface area contributed by atoms with E-state index in [1.54, 1.807) is 36.4 Å². The van der Waals surface area contributed by atoms with E-state index in [9.17, 15) is 9.59 Å². The summed E-state index contributed by atoms with van der Waals surface area (Å²) in [5, 5.41) is 3.47. The van der Waals surface area contributed by atoms with Gasteiger partial charge in [0.2, 0.25) is 5.91 Å². The number of hydrogen-bond acceptors (Lipinski definition) is 2. The Labute approximate surface area is 131 Å². The number of amides is 2. The highest BCUT2D eigenvalue weighted by Gasteiger charge is 2.10. The highest BCUT2D eigenvalue weighted by Crippen LogP contribution is 2.20. The van der Waals surface area contributed by atoms with Gasteiger partial charge in [0.1, 0.15) is 0 Å². The van der Waals surface area contributed by atoms with Gasteiger partial charge >= 0.3 is 0 Å². The summed E-state index contributed by atoms with van der Waals surface area (Å²) >= 11 is 11.7. The van der Waals surface area contributed by atoms with Crippen LogP contribution in [0.15, 0.2) is 42.5 Å². The number of carbonyl (C=O) groups excluding carboxylic acids is 2. The minimum Gasteiger partial charge on any atom is -0.366 e. The van der Waals surface area contributed by atoms with Crippen LogP contribution in [0.4, 0.5) is 0 Å². The van der Waals surface area contributed by atoms with Gasteiger partial charge in [0.25, 0.3) is 5.91 Å². The molecule has 0 fully saturated rings. The molecule has 0 heterocycles. The van der Waals surface area contributed by atoms with Gasteiger partial charge in [-0.25, -0.2) is 0 Å². The Balaban J connectivity index is 2.07. The molecule has 0 unspecified atom stereocenters. The van der Waals surface area contributed by atoms with Gasteiger partial charge in [0, 0.05) is 17.1 Å². The van der Waals surface area contributed by atoms with E-state index in [-0.39, 0.29) is 17.5 Å². The van der Waals surface area contributed by atoms with Crippen molar-refractivity contribution in [3.05, 3.63) is 69.2 Å². The summed E-state index contributed by atoms with van der Waals surface area (Å²) in [5.74, 6) is -0.829. The van der Waals surface area contributed by atoms with E-state index in [1.165, 1.54) is 6.07 Å². The van der Waals surface area contributed by atoms with Crippen molar-refractivity contribution < 1.29 is 9.59 Å². The number of rotatable bonds is 4. The Morgan fingerprint density at radius 1 is 1.10 bits per heavy atom. The smallest absolute Gasteiger partial charge is 0.253 e. The number of nitrogens with one attached hydrogen (secondary N) is 1. The van der Waals surface area contributed by atoms with Crippen molar-refractivity contribution in [2.24, 2.45) is 5.73 Å².